The lowest BCUT2D eigenvalue weighted by Gasteiger charge is -2.16. The van der Waals surface area contributed by atoms with Gasteiger partial charge in [0.05, 0.1) is 0 Å². The van der Waals surface area contributed by atoms with E-state index in [-0.39, 0.29) is 5.91 Å². The summed E-state index contributed by atoms with van der Waals surface area (Å²) in [7, 11) is 4.16. The van der Waals surface area contributed by atoms with E-state index in [1.807, 2.05) is 12.1 Å². The maximum absolute atomic E-state index is 10.9. The minimum absolute atomic E-state index is 0.381. The van der Waals surface area contributed by atoms with Crippen LogP contribution in [0, 0.1) is 0 Å². The van der Waals surface area contributed by atoms with Gasteiger partial charge in [0, 0.05) is 18.2 Å². The van der Waals surface area contributed by atoms with Crippen LogP contribution in [-0.4, -0.2) is 37.5 Å². The van der Waals surface area contributed by atoms with Crippen molar-refractivity contribution in [1.29, 1.82) is 0 Å². The lowest BCUT2D eigenvalue weighted by Crippen LogP contribution is -2.29. The third-order valence-electron chi connectivity index (χ3n) is 2.90. The van der Waals surface area contributed by atoms with Crippen LogP contribution < -0.4 is 11.1 Å². The zero-order chi connectivity index (χ0) is 13.5. The Bertz CT molecular complexity index is 373. The van der Waals surface area contributed by atoms with E-state index in [9.17, 15) is 4.79 Å². The normalized spacial score (nSPS) is 12.7. The summed E-state index contributed by atoms with van der Waals surface area (Å²) in [5.41, 5.74) is 6.91. The molecule has 100 valence electrons. The van der Waals surface area contributed by atoms with Crippen molar-refractivity contribution in [2.45, 2.75) is 25.9 Å². The second-order valence-electron chi connectivity index (χ2n) is 4.94. The van der Waals surface area contributed by atoms with Crippen LogP contribution >= 0.6 is 0 Å². The summed E-state index contributed by atoms with van der Waals surface area (Å²) >= 11 is 0. The molecule has 3 N–H and O–H groups in total. The number of hydrogen-bond acceptors (Lipinski definition) is 3. The van der Waals surface area contributed by atoms with E-state index in [1.54, 1.807) is 12.1 Å². The Kier molecular flexibility index (Phi) is 5.82. The number of rotatable bonds is 7. The fourth-order valence-corrected chi connectivity index (χ4v) is 1.63. The molecule has 0 saturated carbocycles. The minimum atomic E-state index is -0.381. The SMILES string of the molecule is CC(CCN(C)C)NCc1ccc(C(N)=O)cc1. The molecule has 0 aliphatic rings. The average molecular weight is 249 g/mol. The number of primary amides is 1. The molecule has 0 spiro atoms. The van der Waals surface area contributed by atoms with Crippen molar-refractivity contribution in [3.05, 3.63) is 35.4 Å². The fourth-order valence-electron chi connectivity index (χ4n) is 1.63. The number of hydrogen-bond donors (Lipinski definition) is 2. The molecular formula is C14H23N3O. The number of nitrogens with one attached hydrogen (secondary N) is 1. The molecule has 0 saturated heterocycles. The molecule has 1 aromatic carbocycles. The smallest absolute Gasteiger partial charge is 0.248 e. The van der Waals surface area contributed by atoms with E-state index in [1.165, 1.54) is 0 Å². The number of amides is 1. The molecule has 1 aromatic rings. The molecule has 1 amide bonds. The topological polar surface area (TPSA) is 58.4 Å². The molecule has 4 heteroatoms. The van der Waals surface area contributed by atoms with Crippen LogP contribution in [0.15, 0.2) is 24.3 Å². The highest BCUT2D eigenvalue weighted by atomic mass is 16.1. The standard InChI is InChI=1S/C14H23N3O/c1-11(8-9-17(2)3)16-10-12-4-6-13(7-5-12)14(15)18/h4-7,11,16H,8-10H2,1-3H3,(H2,15,18). The van der Waals surface area contributed by atoms with Gasteiger partial charge in [-0.15, -0.1) is 0 Å². The van der Waals surface area contributed by atoms with Crippen molar-refractivity contribution >= 4 is 5.91 Å². The predicted octanol–water partition coefficient (Wildman–Crippen LogP) is 1.22. The summed E-state index contributed by atoms with van der Waals surface area (Å²) in [6.07, 6.45) is 1.12. The van der Waals surface area contributed by atoms with Gasteiger partial charge in [0.2, 0.25) is 5.91 Å². The molecule has 0 aromatic heterocycles. The number of nitrogens with zero attached hydrogens (tertiary/aromatic N) is 1. The number of carbonyl (C=O) groups is 1. The second kappa shape index (κ2) is 7.13. The molecule has 0 aliphatic heterocycles. The van der Waals surface area contributed by atoms with Gasteiger partial charge in [0.25, 0.3) is 0 Å². The van der Waals surface area contributed by atoms with E-state index in [0.717, 1.165) is 25.1 Å². The monoisotopic (exact) mass is 249 g/mol. The Morgan fingerprint density at radius 3 is 2.44 bits per heavy atom. The van der Waals surface area contributed by atoms with Gasteiger partial charge in [0.15, 0.2) is 0 Å². The van der Waals surface area contributed by atoms with Crippen molar-refractivity contribution < 1.29 is 4.79 Å². The fraction of sp³-hybridized carbons (Fsp3) is 0.500. The van der Waals surface area contributed by atoms with Crippen molar-refractivity contribution in [1.82, 2.24) is 10.2 Å². The Morgan fingerprint density at radius 1 is 1.33 bits per heavy atom. The zero-order valence-electron chi connectivity index (χ0n) is 11.4. The highest BCUT2D eigenvalue weighted by Crippen LogP contribution is 2.04. The van der Waals surface area contributed by atoms with Gasteiger partial charge in [-0.05, 0) is 51.7 Å². The maximum Gasteiger partial charge on any atom is 0.248 e. The molecule has 0 radical (unpaired) electrons. The second-order valence-corrected chi connectivity index (χ2v) is 4.94. The van der Waals surface area contributed by atoms with Gasteiger partial charge in [-0.25, -0.2) is 0 Å². The number of nitrogens with two attached hydrogens (primary N) is 1. The Labute approximate surface area is 109 Å². The molecule has 0 bridgehead atoms. The largest absolute Gasteiger partial charge is 0.366 e. The lowest BCUT2D eigenvalue weighted by atomic mass is 10.1. The first-order chi connectivity index (χ1) is 8.49. The van der Waals surface area contributed by atoms with Crippen molar-refractivity contribution in [3.8, 4) is 0 Å². The van der Waals surface area contributed by atoms with Crippen LogP contribution in [0.3, 0.4) is 0 Å². The molecular weight excluding hydrogens is 226 g/mol. The summed E-state index contributed by atoms with van der Waals surface area (Å²) < 4.78 is 0. The zero-order valence-corrected chi connectivity index (χ0v) is 11.4. The van der Waals surface area contributed by atoms with Gasteiger partial charge >= 0.3 is 0 Å². The van der Waals surface area contributed by atoms with Gasteiger partial charge in [0.1, 0.15) is 0 Å². The van der Waals surface area contributed by atoms with Crippen LogP contribution in [0.4, 0.5) is 0 Å². The van der Waals surface area contributed by atoms with Crippen LogP contribution in [0.25, 0.3) is 0 Å². The summed E-state index contributed by atoms with van der Waals surface area (Å²) in [5, 5.41) is 3.46. The van der Waals surface area contributed by atoms with E-state index < -0.39 is 0 Å². The lowest BCUT2D eigenvalue weighted by molar-refractivity contribution is 0.100. The molecule has 0 fully saturated rings. The van der Waals surface area contributed by atoms with E-state index >= 15 is 0 Å². The van der Waals surface area contributed by atoms with Crippen LogP contribution in [0.2, 0.25) is 0 Å². The molecule has 1 unspecified atom stereocenters. The van der Waals surface area contributed by atoms with Gasteiger partial charge in [-0.3, -0.25) is 4.79 Å². The molecule has 0 aliphatic carbocycles. The van der Waals surface area contributed by atoms with E-state index in [0.29, 0.717) is 11.6 Å². The van der Waals surface area contributed by atoms with Gasteiger partial charge < -0.3 is 16.0 Å². The third kappa shape index (κ3) is 5.29. The van der Waals surface area contributed by atoms with Crippen molar-refractivity contribution in [2.24, 2.45) is 5.73 Å². The molecule has 1 atom stereocenters. The predicted molar refractivity (Wildman–Crippen MR) is 74.4 cm³/mol. The van der Waals surface area contributed by atoms with Gasteiger partial charge in [-0.2, -0.15) is 0 Å². The summed E-state index contributed by atoms with van der Waals surface area (Å²) in [6, 6.07) is 7.88. The molecule has 1 rings (SSSR count). The van der Waals surface area contributed by atoms with E-state index in [2.05, 4.69) is 31.2 Å². The van der Waals surface area contributed by atoms with E-state index in [4.69, 9.17) is 5.73 Å². The number of benzene rings is 1. The molecule has 0 heterocycles. The molecule has 4 nitrogen and oxygen atoms in total. The quantitative estimate of drug-likeness (QED) is 0.764. The maximum atomic E-state index is 10.9. The summed E-state index contributed by atoms with van der Waals surface area (Å²) in [5.74, 6) is -0.381. The Hall–Kier alpha value is -1.39. The van der Waals surface area contributed by atoms with Crippen molar-refractivity contribution in [2.75, 3.05) is 20.6 Å². The van der Waals surface area contributed by atoms with Crippen molar-refractivity contribution in [3.63, 3.8) is 0 Å². The summed E-state index contributed by atoms with van der Waals surface area (Å²) in [4.78, 5) is 13.1. The third-order valence-corrected chi connectivity index (χ3v) is 2.90. The first-order valence-electron chi connectivity index (χ1n) is 6.26. The first-order valence-corrected chi connectivity index (χ1v) is 6.26. The van der Waals surface area contributed by atoms with Gasteiger partial charge in [-0.1, -0.05) is 12.1 Å². The summed E-state index contributed by atoms with van der Waals surface area (Å²) in [6.45, 7) is 4.07. The Balaban J connectivity index is 2.36. The average Bonchev–Trinajstić information content (AvgIpc) is 2.34. The Morgan fingerprint density at radius 2 is 1.94 bits per heavy atom. The highest BCUT2D eigenvalue weighted by Gasteiger charge is 2.03. The van der Waals surface area contributed by atoms with Crippen LogP contribution in [0.1, 0.15) is 29.3 Å². The minimum Gasteiger partial charge on any atom is -0.366 e. The first kappa shape index (κ1) is 14.7. The number of carbonyl (C=O) groups excluding carboxylic acids is 1. The highest BCUT2D eigenvalue weighted by molar-refractivity contribution is 5.92. The van der Waals surface area contributed by atoms with Crippen LogP contribution in [0.5, 0.6) is 0 Å². The van der Waals surface area contributed by atoms with Crippen LogP contribution in [-0.2, 0) is 6.54 Å². The molecule has 18 heavy (non-hydrogen) atoms.